The summed E-state index contributed by atoms with van der Waals surface area (Å²) in [5.74, 6) is 0.996. The predicted molar refractivity (Wildman–Crippen MR) is 159 cm³/mol. The molecule has 0 saturated heterocycles. The molecule has 2 aromatic heterocycles. The number of halogens is 1. The summed E-state index contributed by atoms with van der Waals surface area (Å²) >= 11 is 0. The molecule has 6 aromatic rings. The molecule has 0 N–H and O–H groups in total. The van der Waals surface area contributed by atoms with Crippen LogP contribution in [0.3, 0.4) is 0 Å². The quantitative estimate of drug-likeness (QED) is 0.174. The number of hydrogen-bond donors (Lipinski definition) is 0. The van der Waals surface area contributed by atoms with Crippen LogP contribution < -0.4 is 4.74 Å². The van der Waals surface area contributed by atoms with Crippen LogP contribution in [0.15, 0.2) is 97.1 Å². The normalized spacial score (nSPS) is 11.2. The number of methoxy groups -OCH3 is 2. The molecule has 0 atom stereocenters. The van der Waals surface area contributed by atoms with E-state index in [2.05, 4.69) is 4.98 Å². The van der Waals surface area contributed by atoms with E-state index < -0.39 is 5.97 Å². The first-order valence-electron chi connectivity index (χ1n) is 13.5. The zero-order valence-electron chi connectivity index (χ0n) is 23.2. The number of hydrogen-bond acceptors (Lipinski definition) is 6. The summed E-state index contributed by atoms with van der Waals surface area (Å²) in [4.78, 5) is 21.5. The molecule has 0 radical (unpaired) electrons. The van der Waals surface area contributed by atoms with Crippen molar-refractivity contribution < 1.29 is 23.4 Å². The molecule has 0 aliphatic carbocycles. The highest BCUT2D eigenvalue weighted by atomic mass is 19.1. The number of esters is 1. The van der Waals surface area contributed by atoms with Crippen LogP contribution in [-0.2, 0) is 22.4 Å². The maximum atomic E-state index is 15.5. The Morgan fingerprint density at radius 3 is 2.55 bits per heavy atom. The van der Waals surface area contributed by atoms with Gasteiger partial charge in [-0.05, 0) is 47.3 Å². The second-order valence-electron chi connectivity index (χ2n) is 9.79. The van der Waals surface area contributed by atoms with Gasteiger partial charge in [-0.3, -0.25) is 0 Å². The largest absolute Gasteiger partial charge is 0.465 e. The van der Waals surface area contributed by atoms with E-state index in [1.165, 1.54) is 13.2 Å². The van der Waals surface area contributed by atoms with Crippen LogP contribution in [0, 0.1) is 5.82 Å². The van der Waals surface area contributed by atoms with E-state index in [-0.39, 0.29) is 12.2 Å². The predicted octanol–water partition coefficient (Wildman–Crippen LogP) is 7.21. The van der Waals surface area contributed by atoms with E-state index in [4.69, 9.17) is 19.2 Å². The molecule has 7 nitrogen and oxygen atoms in total. The number of rotatable bonds is 9. The Bertz CT molecular complexity index is 1910. The Hall–Kier alpha value is -5.08. The SMILES string of the molecule is COCCn1c(Cc2ccc(-c3cccc(Oc4cccc5ccccc45)n3)cc2F)nc2ccc(C(=O)OC)cc21. The number of fused-ring (bicyclic) bond motifs is 2. The van der Waals surface area contributed by atoms with Gasteiger partial charge < -0.3 is 18.8 Å². The van der Waals surface area contributed by atoms with Crippen molar-refractivity contribution in [3.63, 3.8) is 0 Å². The molecule has 0 unspecified atom stereocenters. The van der Waals surface area contributed by atoms with E-state index in [0.29, 0.717) is 58.5 Å². The number of nitrogens with zero attached hydrogens (tertiary/aromatic N) is 3. The minimum atomic E-state index is -0.431. The number of benzene rings is 4. The lowest BCUT2D eigenvalue weighted by atomic mass is 10.1. The van der Waals surface area contributed by atoms with Gasteiger partial charge in [-0.2, -0.15) is 0 Å². The van der Waals surface area contributed by atoms with E-state index in [1.807, 2.05) is 65.2 Å². The van der Waals surface area contributed by atoms with E-state index in [0.717, 1.165) is 16.3 Å². The number of carbonyl (C=O) groups excluding carboxylic acids is 1. The van der Waals surface area contributed by atoms with Gasteiger partial charge in [0.2, 0.25) is 5.88 Å². The van der Waals surface area contributed by atoms with E-state index in [1.54, 1.807) is 37.4 Å². The summed E-state index contributed by atoms with van der Waals surface area (Å²) in [7, 11) is 2.96. The fraction of sp³-hybridized carbons (Fsp3) is 0.147. The summed E-state index contributed by atoms with van der Waals surface area (Å²) in [5, 5.41) is 2.06. The molecule has 4 aromatic carbocycles. The van der Waals surface area contributed by atoms with Crippen molar-refractivity contribution in [2.75, 3.05) is 20.8 Å². The monoisotopic (exact) mass is 561 g/mol. The second-order valence-corrected chi connectivity index (χ2v) is 9.79. The average Bonchev–Trinajstić information content (AvgIpc) is 3.36. The Morgan fingerprint density at radius 2 is 1.71 bits per heavy atom. The van der Waals surface area contributed by atoms with Crippen molar-refractivity contribution in [1.29, 1.82) is 0 Å². The number of pyridine rings is 1. The third kappa shape index (κ3) is 5.44. The first kappa shape index (κ1) is 27.1. The molecule has 0 aliphatic heterocycles. The van der Waals surface area contributed by atoms with Crippen LogP contribution in [0.5, 0.6) is 11.6 Å². The molecule has 6 rings (SSSR count). The first-order chi connectivity index (χ1) is 20.5. The van der Waals surface area contributed by atoms with Crippen molar-refractivity contribution in [3.8, 4) is 22.9 Å². The van der Waals surface area contributed by atoms with Gasteiger partial charge in [0.1, 0.15) is 17.4 Å². The van der Waals surface area contributed by atoms with Crippen LogP contribution >= 0.6 is 0 Å². The molecule has 210 valence electrons. The molecule has 0 spiro atoms. The lowest BCUT2D eigenvalue weighted by molar-refractivity contribution is 0.0601. The summed E-state index contributed by atoms with van der Waals surface area (Å²) in [6, 6.07) is 29.6. The summed E-state index contributed by atoms with van der Waals surface area (Å²) in [6.45, 7) is 0.936. The van der Waals surface area contributed by atoms with Gasteiger partial charge in [0.15, 0.2) is 0 Å². The summed E-state index contributed by atoms with van der Waals surface area (Å²) in [6.07, 6.45) is 0.260. The second kappa shape index (κ2) is 11.8. The molecular weight excluding hydrogens is 533 g/mol. The number of aromatic nitrogens is 3. The molecule has 0 fully saturated rings. The number of imidazole rings is 1. The van der Waals surface area contributed by atoms with Crippen molar-refractivity contribution in [2.45, 2.75) is 13.0 Å². The Kier molecular flexibility index (Phi) is 7.62. The average molecular weight is 562 g/mol. The Balaban J connectivity index is 1.28. The maximum Gasteiger partial charge on any atom is 0.337 e. The highest BCUT2D eigenvalue weighted by Crippen LogP contribution is 2.31. The van der Waals surface area contributed by atoms with Crippen LogP contribution in [0.1, 0.15) is 21.7 Å². The van der Waals surface area contributed by atoms with E-state index >= 15 is 4.39 Å². The first-order valence-corrected chi connectivity index (χ1v) is 13.5. The Labute approximate surface area is 242 Å². The molecule has 0 aliphatic rings. The molecule has 0 bridgehead atoms. The van der Waals surface area contributed by atoms with Crippen molar-refractivity contribution >= 4 is 27.8 Å². The highest BCUT2D eigenvalue weighted by molar-refractivity contribution is 5.93. The van der Waals surface area contributed by atoms with Gasteiger partial charge in [-0.25, -0.2) is 19.2 Å². The van der Waals surface area contributed by atoms with Gasteiger partial charge >= 0.3 is 5.97 Å². The smallest absolute Gasteiger partial charge is 0.337 e. The molecule has 0 amide bonds. The number of ether oxygens (including phenoxy) is 3. The summed E-state index contributed by atoms with van der Waals surface area (Å²) < 4.78 is 33.8. The van der Waals surface area contributed by atoms with Crippen molar-refractivity contribution in [3.05, 3.63) is 120 Å². The van der Waals surface area contributed by atoms with Crippen LogP contribution in [-0.4, -0.2) is 41.3 Å². The topological polar surface area (TPSA) is 75.5 Å². The zero-order chi connectivity index (χ0) is 29.1. The molecule has 0 saturated carbocycles. The fourth-order valence-electron chi connectivity index (χ4n) is 5.03. The van der Waals surface area contributed by atoms with Crippen LogP contribution in [0.4, 0.5) is 4.39 Å². The standard InChI is InChI=1S/C34H28FN3O4/c1-40-18-17-38-30-20-25(34(39)41-2)15-16-29(30)36-32(38)21-23-13-14-24(19-27(23)35)28-10-6-12-33(37-28)42-31-11-5-8-22-7-3-4-9-26(22)31/h3-16,19-20H,17-18,21H2,1-2H3. The lowest BCUT2D eigenvalue weighted by Crippen LogP contribution is -2.10. The molecular formula is C34H28FN3O4. The molecule has 8 heteroatoms. The molecule has 2 heterocycles. The highest BCUT2D eigenvalue weighted by Gasteiger charge is 2.17. The fourth-order valence-corrected chi connectivity index (χ4v) is 5.03. The third-order valence-electron chi connectivity index (χ3n) is 7.15. The zero-order valence-corrected chi connectivity index (χ0v) is 23.2. The summed E-state index contributed by atoms with van der Waals surface area (Å²) in [5.41, 5.74) is 3.61. The minimum absolute atomic E-state index is 0.260. The third-order valence-corrected chi connectivity index (χ3v) is 7.15. The van der Waals surface area contributed by atoms with E-state index in [9.17, 15) is 4.79 Å². The van der Waals surface area contributed by atoms with Crippen molar-refractivity contribution in [1.82, 2.24) is 14.5 Å². The number of carbonyl (C=O) groups is 1. The van der Waals surface area contributed by atoms with Crippen LogP contribution in [0.25, 0.3) is 33.1 Å². The van der Waals surface area contributed by atoms with Gasteiger partial charge in [-0.1, -0.05) is 54.6 Å². The van der Waals surface area contributed by atoms with Gasteiger partial charge in [0, 0.05) is 37.1 Å². The van der Waals surface area contributed by atoms with Crippen molar-refractivity contribution in [2.24, 2.45) is 0 Å². The lowest BCUT2D eigenvalue weighted by Gasteiger charge is -2.11. The maximum absolute atomic E-state index is 15.5. The van der Waals surface area contributed by atoms with Gasteiger partial charge in [0.05, 0.1) is 36.0 Å². The minimum Gasteiger partial charge on any atom is -0.465 e. The molecule has 42 heavy (non-hydrogen) atoms. The van der Waals surface area contributed by atoms with Crippen LogP contribution in [0.2, 0.25) is 0 Å². The Morgan fingerprint density at radius 1 is 0.881 bits per heavy atom. The van der Waals surface area contributed by atoms with Gasteiger partial charge in [-0.15, -0.1) is 0 Å². The van der Waals surface area contributed by atoms with Gasteiger partial charge in [0.25, 0.3) is 0 Å².